The Morgan fingerprint density at radius 3 is 1.38 bits per heavy atom. The second-order valence-electron chi connectivity index (χ2n) is 10.1. The van der Waals surface area contributed by atoms with Crippen LogP contribution in [0.25, 0.3) is 0 Å². The van der Waals surface area contributed by atoms with Crippen LogP contribution in [0.1, 0.15) is 42.0 Å². The van der Waals surface area contributed by atoms with Crippen LogP contribution in [-0.2, 0) is 24.7 Å². The van der Waals surface area contributed by atoms with Crippen molar-refractivity contribution in [3.8, 4) is 23.0 Å². The summed E-state index contributed by atoms with van der Waals surface area (Å²) in [5.41, 5.74) is -3.64. The lowest BCUT2D eigenvalue weighted by Crippen LogP contribution is -2.26. The van der Waals surface area contributed by atoms with Gasteiger partial charge in [-0.3, -0.25) is 0 Å². The molecule has 4 nitrogen and oxygen atoms in total. The number of aryl methyl sites for hydroxylation is 1. The molecule has 0 unspecified atom stereocenters. The van der Waals surface area contributed by atoms with Gasteiger partial charge in [-0.1, -0.05) is 19.4 Å². The lowest BCUT2D eigenvalue weighted by Gasteiger charge is -2.22. The van der Waals surface area contributed by atoms with Crippen LogP contribution in [0.4, 0.5) is 48.3 Å². The molecule has 256 valence electrons. The molecule has 0 aliphatic heterocycles. The van der Waals surface area contributed by atoms with E-state index in [2.05, 4.69) is 18.9 Å². The molecule has 0 radical (unpaired) electrons. The summed E-state index contributed by atoms with van der Waals surface area (Å²) in [4.78, 5) is 0. The van der Waals surface area contributed by atoms with E-state index in [9.17, 15) is 48.3 Å². The first-order valence-electron chi connectivity index (χ1n) is 13.9. The van der Waals surface area contributed by atoms with Crippen LogP contribution in [-0.4, -0.2) is 0 Å². The van der Waals surface area contributed by atoms with Gasteiger partial charge in [0.2, 0.25) is 0 Å². The topological polar surface area (TPSA) is 36.9 Å². The number of alkyl halides is 6. The molecule has 0 saturated carbocycles. The number of hydrogen-bond acceptors (Lipinski definition) is 4. The summed E-state index contributed by atoms with van der Waals surface area (Å²) < 4.78 is 174. The van der Waals surface area contributed by atoms with E-state index in [4.69, 9.17) is 0 Å². The van der Waals surface area contributed by atoms with Gasteiger partial charge < -0.3 is 18.9 Å². The van der Waals surface area contributed by atoms with Crippen LogP contribution in [0.15, 0.2) is 91.2 Å². The van der Waals surface area contributed by atoms with E-state index in [-0.39, 0.29) is 24.1 Å². The summed E-state index contributed by atoms with van der Waals surface area (Å²) in [5.74, 6) is -7.55. The highest BCUT2D eigenvalue weighted by molar-refractivity contribution is 5.37. The fourth-order valence-electron chi connectivity index (χ4n) is 4.23. The summed E-state index contributed by atoms with van der Waals surface area (Å²) >= 11 is 0. The molecule has 4 rings (SSSR count). The molecule has 0 aromatic heterocycles. The van der Waals surface area contributed by atoms with E-state index < -0.39 is 75.8 Å². The van der Waals surface area contributed by atoms with Gasteiger partial charge in [0, 0.05) is 12.1 Å². The smallest absolute Gasteiger partial charge is 0.429 e. The van der Waals surface area contributed by atoms with Crippen molar-refractivity contribution in [2.45, 2.75) is 44.5 Å². The summed E-state index contributed by atoms with van der Waals surface area (Å²) in [6.07, 6.45) is -13.4. The summed E-state index contributed by atoms with van der Waals surface area (Å²) in [6, 6.07) is 8.82. The minimum absolute atomic E-state index is 0.103. The van der Waals surface area contributed by atoms with Crippen LogP contribution in [0.5, 0.6) is 23.0 Å². The van der Waals surface area contributed by atoms with Crippen LogP contribution in [0.3, 0.4) is 0 Å². The molecule has 0 N–H and O–H groups in total. The maximum atomic E-state index is 14.9. The van der Waals surface area contributed by atoms with Crippen molar-refractivity contribution < 1.29 is 67.2 Å². The predicted molar refractivity (Wildman–Crippen MR) is 149 cm³/mol. The molecule has 0 bridgehead atoms. The van der Waals surface area contributed by atoms with Gasteiger partial charge in [0.15, 0.2) is 6.26 Å². The molecule has 0 aliphatic rings. The monoisotopic (exact) mass is 692 g/mol. The molecular formula is C33H23F11O4. The van der Waals surface area contributed by atoms with Crippen LogP contribution in [0, 0.1) is 17.5 Å². The average Bonchev–Trinajstić information content (AvgIpc) is 2.98. The zero-order chi connectivity index (χ0) is 35.3. The first-order valence-corrected chi connectivity index (χ1v) is 13.9. The molecule has 4 aromatic carbocycles. The van der Waals surface area contributed by atoms with Crippen molar-refractivity contribution in [3.05, 3.63) is 131 Å². The Morgan fingerprint density at radius 1 is 0.562 bits per heavy atom. The zero-order valence-corrected chi connectivity index (χ0v) is 24.5. The lowest BCUT2D eigenvalue weighted by atomic mass is 10.1. The molecule has 15 heteroatoms. The molecule has 4 aromatic rings. The van der Waals surface area contributed by atoms with Gasteiger partial charge in [-0.05, 0) is 79.1 Å². The molecule has 0 aliphatic carbocycles. The third-order valence-corrected chi connectivity index (χ3v) is 6.52. The Balaban J connectivity index is 1.45. The summed E-state index contributed by atoms with van der Waals surface area (Å²) in [5, 5.41) is 0. The second kappa shape index (κ2) is 14.4. The number of unbranched alkanes of at least 4 members (excludes halogenated alkanes) is 1. The van der Waals surface area contributed by atoms with Crippen molar-refractivity contribution in [2.75, 3.05) is 0 Å². The van der Waals surface area contributed by atoms with Gasteiger partial charge in [0.25, 0.3) is 0 Å². The number of halogens is 11. The number of ether oxygens (including phenoxy) is 4. The first-order chi connectivity index (χ1) is 22.5. The number of rotatable bonds is 14. The highest BCUT2D eigenvalue weighted by Gasteiger charge is 2.42. The maximum Gasteiger partial charge on any atom is 0.429 e. The number of hydrogen-bond donors (Lipinski definition) is 0. The van der Waals surface area contributed by atoms with Crippen molar-refractivity contribution in [1.82, 2.24) is 0 Å². The highest BCUT2D eigenvalue weighted by Crippen LogP contribution is 2.40. The van der Waals surface area contributed by atoms with Gasteiger partial charge in [0.05, 0.1) is 5.56 Å². The fraction of sp³-hybridized carbons (Fsp3) is 0.212. The van der Waals surface area contributed by atoms with Crippen LogP contribution in [0.2, 0.25) is 0 Å². The van der Waals surface area contributed by atoms with E-state index in [1.54, 1.807) is 0 Å². The third kappa shape index (κ3) is 8.89. The molecular weight excluding hydrogens is 669 g/mol. The largest absolute Gasteiger partial charge is 0.459 e. The first kappa shape index (κ1) is 35.9. The minimum atomic E-state index is -4.58. The van der Waals surface area contributed by atoms with Gasteiger partial charge in [-0.2, -0.15) is 35.1 Å². The summed E-state index contributed by atoms with van der Waals surface area (Å²) in [7, 11) is 0. The van der Waals surface area contributed by atoms with Crippen molar-refractivity contribution in [3.63, 3.8) is 0 Å². The SMILES string of the molecule is CCCCc1ccc(C(F)(F)Oc2ccc(C(F)(F)Oc3ccc(C(F)(F)Oc4ccc(OC=C(F)F)cc4)c(F)c3)c(F)c2)c(F)c1. The molecule has 0 heterocycles. The van der Waals surface area contributed by atoms with E-state index >= 15 is 0 Å². The minimum Gasteiger partial charge on any atom is -0.459 e. The quantitative estimate of drug-likeness (QED) is 0.0974. The molecule has 0 spiro atoms. The lowest BCUT2D eigenvalue weighted by molar-refractivity contribution is -0.189. The van der Waals surface area contributed by atoms with Gasteiger partial charge in [-0.15, -0.1) is 0 Å². The number of benzene rings is 4. The van der Waals surface area contributed by atoms with E-state index in [0.29, 0.717) is 42.7 Å². The third-order valence-electron chi connectivity index (χ3n) is 6.52. The second-order valence-corrected chi connectivity index (χ2v) is 10.1. The van der Waals surface area contributed by atoms with Crippen molar-refractivity contribution in [2.24, 2.45) is 0 Å². The fourth-order valence-corrected chi connectivity index (χ4v) is 4.23. The Labute approximate surface area is 265 Å². The molecule has 0 fully saturated rings. The highest BCUT2D eigenvalue weighted by atomic mass is 19.3. The zero-order valence-electron chi connectivity index (χ0n) is 24.5. The maximum absolute atomic E-state index is 14.9. The predicted octanol–water partition coefficient (Wildman–Crippen LogP) is 10.9. The molecule has 48 heavy (non-hydrogen) atoms. The average molecular weight is 693 g/mol. The Morgan fingerprint density at radius 2 is 0.958 bits per heavy atom. The van der Waals surface area contributed by atoms with E-state index in [1.807, 2.05) is 6.92 Å². The van der Waals surface area contributed by atoms with Crippen molar-refractivity contribution >= 4 is 0 Å². The van der Waals surface area contributed by atoms with E-state index in [1.165, 1.54) is 6.07 Å². The standard InChI is InChI=1S/C33H23F11O4/c1-2-3-4-19-5-12-24(27(34)15-19)32(41,42)47-22-11-14-26(29(36)17-22)33(43,44)48-23-10-13-25(28(35)16-23)31(39,40)46-21-8-6-20(7-9-21)45-18-30(37)38/h5-18H,2-4H2,1H3. The Bertz CT molecular complexity index is 1760. The van der Waals surface area contributed by atoms with Crippen LogP contribution < -0.4 is 18.9 Å². The van der Waals surface area contributed by atoms with Gasteiger partial charge in [0.1, 0.15) is 51.6 Å². The summed E-state index contributed by atoms with van der Waals surface area (Å²) in [6.45, 7) is 1.89. The Kier molecular flexibility index (Phi) is 10.8. The molecule has 0 saturated heterocycles. The van der Waals surface area contributed by atoms with Gasteiger partial charge >= 0.3 is 24.4 Å². The van der Waals surface area contributed by atoms with Crippen LogP contribution >= 0.6 is 0 Å². The normalized spacial score (nSPS) is 12.0. The van der Waals surface area contributed by atoms with E-state index in [0.717, 1.165) is 42.8 Å². The molecule has 0 amide bonds. The van der Waals surface area contributed by atoms with Gasteiger partial charge in [-0.25, -0.2) is 13.2 Å². The Hall–Kier alpha value is -4.95. The molecule has 0 atom stereocenters. The van der Waals surface area contributed by atoms with Crippen molar-refractivity contribution in [1.29, 1.82) is 0 Å².